The van der Waals surface area contributed by atoms with Gasteiger partial charge in [-0.1, -0.05) is 47.1 Å². The molecule has 0 fully saturated rings. The van der Waals surface area contributed by atoms with Gasteiger partial charge in [0.1, 0.15) is 5.71 Å². The van der Waals surface area contributed by atoms with E-state index in [1.165, 1.54) is 5.56 Å². The average Bonchev–Trinajstić information content (AvgIpc) is 3.10. The standard InChI is InChI=1S/C20H16BrN3S/c1-2-13-5-10-17-16(12-13)19(18-4-3-11-25-18)23-24-20(22-17)14-6-8-15(21)9-7-14/h3-12H,2H2,1H3,(H,22,24). The molecule has 25 heavy (non-hydrogen) atoms. The Balaban J connectivity index is 1.86. The first-order valence-corrected chi connectivity index (χ1v) is 9.77. The monoisotopic (exact) mass is 409 g/mol. The quantitative estimate of drug-likeness (QED) is 0.608. The Kier molecular flexibility index (Phi) is 4.51. The zero-order chi connectivity index (χ0) is 17.2. The van der Waals surface area contributed by atoms with Gasteiger partial charge < -0.3 is 0 Å². The average molecular weight is 410 g/mol. The van der Waals surface area contributed by atoms with E-state index in [1.54, 1.807) is 11.3 Å². The molecule has 0 unspecified atom stereocenters. The van der Waals surface area contributed by atoms with Crippen molar-refractivity contribution in [1.82, 2.24) is 5.43 Å². The molecule has 1 aliphatic heterocycles. The van der Waals surface area contributed by atoms with E-state index in [0.29, 0.717) is 0 Å². The van der Waals surface area contributed by atoms with Gasteiger partial charge in [-0.05, 0) is 47.7 Å². The summed E-state index contributed by atoms with van der Waals surface area (Å²) in [5.41, 5.74) is 8.41. The van der Waals surface area contributed by atoms with Crippen LogP contribution in [0.15, 0.2) is 74.5 Å². The largest absolute Gasteiger partial charge is 0.260 e. The number of amidine groups is 1. The van der Waals surface area contributed by atoms with Gasteiger partial charge in [0.15, 0.2) is 5.84 Å². The molecule has 4 rings (SSSR count). The predicted octanol–water partition coefficient (Wildman–Crippen LogP) is 5.51. The lowest BCUT2D eigenvalue weighted by Crippen LogP contribution is -2.19. The molecule has 3 nitrogen and oxygen atoms in total. The summed E-state index contributed by atoms with van der Waals surface area (Å²) < 4.78 is 1.04. The molecular weight excluding hydrogens is 394 g/mol. The third-order valence-corrected chi connectivity index (χ3v) is 5.51. The van der Waals surface area contributed by atoms with Crippen molar-refractivity contribution in [3.8, 4) is 0 Å². The van der Waals surface area contributed by atoms with E-state index in [4.69, 9.17) is 10.1 Å². The minimum absolute atomic E-state index is 0.754. The van der Waals surface area contributed by atoms with E-state index in [1.807, 2.05) is 30.3 Å². The zero-order valence-corrected chi connectivity index (χ0v) is 16.1. The predicted molar refractivity (Wildman–Crippen MR) is 109 cm³/mol. The minimum atomic E-state index is 0.754. The van der Waals surface area contributed by atoms with E-state index in [-0.39, 0.29) is 0 Å². The van der Waals surface area contributed by atoms with Gasteiger partial charge in [-0.25, -0.2) is 4.99 Å². The number of hydrazone groups is 1. The minimum Gasteiger partial charge on any atom is -0.260 e. The molecule has 5 heteroatoms. The van der Waals surface area contributed by atoms with E-state index < -0.39 is 0 Å². The highest BCUT2D eigenvalue weighted by molar-refractivity contribution is 9.10. The smallest absolute Gasteiger partial charge is 0.154 e. The van der Waals surface area contributed by atoms with Gasteiger partial charge in [0.2, 0.25) is 0 Å². The Labute approximate surface area is 159 Å². The van der Waals surface area contributed by atoms with Gasteiger partial charge in [-0.3, -0.25) is 5.43 Å². The number of aryl methyl sites for hydroxylation is 1. The summed E-state index contributed by atoms with van der Waals surface area (Å²) in [6.07, 6.45) is 0.988. The second kappa shape index (κ2) is 6.94. The molecule has 0 amide bonds. The van der Waals surface area contributed by atoms with Crippen LogP contribution in [0.25, 0.3) is 0 Å². The van der Waals surface area contributed by atoms with Crippen LogP contribution in [-0.4, -0.2) is 11.5 Å². The lowest BCUT2D eigenvalue weighted by Gasteiger charge is -2.07. The normalized spacial score (nSPS) is 13.4. The molecule has 0 aliphatic carbocycles. The van der Waals surface area contributed by atoms with Crippen LogP contribution in [0.1, 0.15) is 28.5 Å². The first kappa shape index (κ1) is 16.2. The maximum absolute atomic E-state index is 4.85. The maximum Gasteiger partial charge on any atom is 0.154 e. The Bertz CT molecular complexity index is 957. The van der Waals surface area contributed by atoms with Gasteiger partial charge >= 0.3 is 0 Å². The zero-order valence-electron chi connectivity index (χ0n) is 13.7. The topological polar surface area (TPSA) is 36.8 Å². The molecule has 1 aliphatic rings. The lowest BCUT2D eigenvalue weighted by molar-refractivity contribution is 1.03. The van der Waals surface area contributed by atoms with Crippen LogP contribution in [0, 0.1) is 0 Å². The maximum atomic E-state index is 4.85. The fourth-order valence-electron chi connectivity index (χ4n) is 2.74. The summed E-state index contributed by atoms with van der Waals surface area (Å²) in [4.78, 5) is 5.99. The molecule has 1 N–H and O–H groups in total. The van der Waals surface area contributed by atoms with Crippen LogP contribution in [-0.2, 0) is 6.42 Å². The first-order chi connectivity index (χ1) is 12.2. The summed E-state index contributed by atoms with van der Waals surface area (Å²) in [5, 5.41) is 6.77. The molecule has 0 radical (unpaired) electrons. The highest BCUT2D eigenvalue weighted by Crippen LogP contribution is 2.28. The summed E-state index contributed by atoms with van der Waals surface area (Å²) in [5.74, 6) is 0.754. The molecule has 0 saturated heterocycles. The molecule has 0 bridgehead atoms. The van der Waals surface area contributed by atoms with Gasteiger partial charge in [-0.15, -0.1) is 11.3 Å². The van der Waals surface area contributed by atoms with Gasteiger partial charge in [0.25, 0.3) is 0 Å². The van der Waals surface area contributed by atoms with Crippen molar-refractivity contribution in [2.75, 3.05) is 0 Å². The Morgan fingerprint density at radius 2 is 1.92 bits per heavy atom. The second-order valence-electron chi connectivity index (χ2n) is 5.72. The Morgan fingerprint density at radius 3 is 2.64 bits per heavy atom. The molecular formula is C20H16BrN3S. The molecule has 0 atom stereocenters. The number of fused-ring (bicyclic) bond motifs is 1. The number of halogens is 1. The highest BCUT2D eigenvalue weighted by Gasteiger charge is 2.18. The van der Waals surface area contributed by atoms with Crippen molar-refractivity contribution in [1.29, 1.82) is 0 Å². The summed E-state index contributed by atoms with van der Waals surface area (Å²) in [6.45, 7) is 2.16. The first-order valence-electron chi connectivity index (χ1n) is 8.10. The third kappa shape index (κ3) is 3.30. The molecule has 0 spiro atoms. The number of benzene rings is 2. The van der Waals surface area contributed by atoms with Crippen molar-refractivity contribution in [3.63, 3.8) is 0 Å². The van der Waals surface area contributed by atoms with Crippen LogP contribution in [0.4, 0.5) is 5.69 Å². The van der Waals surface area contributed by atoms with Crippen LogP contribution in [0.5, 0.6) is 0 Å². The molecule has 2 aromatic carbocycles. The van der Waals surface area contributed by atoms with Crippen LogP contribution < -0.4 is 5.43 Å². The van der Waals surface area contributed by atoms with Gasteiger partial charge in [0, 0.05) is 15.6 Å². The fourth-order valence-corrected chi connectivity index (χ4v) is 3.74. The number of aliphatic imine (C=N–C) groups is 1. The molecule has 2 heterocycles. The Hall–Kier alpha value is -2.24. The fraction of sp³-hybridized carbons (Fsp3) is 0.100. The van der Waals surface area contributed by atoms with Gasteiger partial charge in [0.05, 0.1) is 10.6 Å². The number of nitrogens with zero attached hydrogens (tertiary/aromatic N) is 2. The van der Waals surface area contributed by atoms with Crippen molar-refractivity contribution in [3.05, 3.63) is 86.0 Å². The number of rotatable bonds is 3. The second-order valence-corrected chi connectivity index (χ2v) is 7.59. The highest BCUT2D eigenvalue weighted by atomic mass is 79.9. The van der Waals surface area contributed by atoms with Crippen LogP contribution >= 0.6 is 27.3 Å². The van der Waals surface area contributed by atoms with Crippen molar-refractivity contribution in [2.24, 2.45) is 10.1 Å². The number of hydrogen-bond acceptors (Lipinski definition) is 4. The summed E-state index contributed by atoms with van der Waals surface area (Å²) in [7, 11) is 0. The SMILES string of the molecule is CCc1ccc2c(c1)C(c1cccs1)=NNC(c1ccc(Br)cc1)=N2. The molecule has 1 aromatic heterocycles. The molecule has 124 valence electrons. The Morgan fingerprint density at radius 1 is 1.08 bits per heavy atom. The van der Waals surface area contributed by atoms with Crippen molar-refractivity contribution >= 4 is 44.5 Å². The van der Waals surface area contributed by atoms with E-state index >= 15 is 0 Å². The van der Waals surface area contributed by atoms with Crippen LogP contribution in [0.3, 0.4) is 0 Å². The third-order valence-electron chi connectivity index (χ3n) is 4.10. The van der Waals surface area contributed by atoms with Gasteiger partial charge in [-0.2, -0.15) is 5.10 Å². The number of nitrogens with one attached hydrogen (secondary N) is 1. The van der Waals surface area contributed by atoms with E-state index in [2.05, 4.69) is 57.9 Å². The molecule has 3 aromatic rings. The summed E-state index contributed by atoms with van der Waals surface area (Å²) >= 11 is 5.16. The van der Waals surface area contributed by atoms with Crippen LogP contribution in [0.2, 0.25) is 0 Å². The van der Waals surface area contributed by atoms with Crippen molar-refractivity contribution in [2.45, 2.75) is 13.3 Å². The number of hydrogen-bond donors (Lipinski definition) is 1. The number of thiophene rings is 1. The molecule has 0 saturated carbocycles. The van der Waals surface area contributed by atoms with E-state index in [0.717, 1.165) is 44.1 Å². The lowest BCUT2D eigenvalue weighted by atomic mass is 10.0. The summed E-state index contributed by atoms with van der Waals surface area (Å²) in [6, 6.07) is 18.6. The van der Waals surface area contributed by atoms with Crippen molar-refractivity contribution < 1.29 is 0 Å². The van der Waals surface area contributed by atoms with E-state index in [9.17, 15) is 0 Å².